The van der Waals surface area contributed by atoms with Crippen molar-refractivity contribution in [3.63, 3.8) is 0 Å². The number of carbonyl (C=O) groups is 1. The van der Waals surface area contributed by atoms with Crippen LogP contribution in [0.1, 0.15) is 36.1 Å². The molecule has 0 spiro atoms. The lowest BCUT2D eigenvalue weighted by molar-refractivity contribution is 0.101. The predicted octanol–water partition coefficient (Wildman–Crippen LogP) is 5.71. The maximum atomic E-state index is 12.7. The Morgan fingerprint density at radius 1 is 0.700 bits per heavy atom. The van der Waals surface area contributed by atoms with E-state index < -0.39 is 0 Å². The molecule has 0 saturated carbocycles. The Balaban J connectivity index is 0.000000161. The molecule has 8 nitrogen and oxygen atoms in total. The monoisotopic (exact) mass is 573 g/mol. The fourth-order valence-electron chi connectivity index (χ4n) is 4.57. The highest BCUT2D eigenvalue weighted by Crippen LogP contribution is 2.20. The molecule has 40 heavy (non-hydrogen) atoms. The van der Waals surface area contributed by atoms with Gasteiger partial charge in [-0.25, -0.2) is 9.59 Å². The zero-order valence-electron chi connectivity index (χ0n) is 21.7. The summed E-state index contributed by atoms with van der Waals surface area (Å²) in [5.74, 6) is -0.175. The van der Waals surface area contributed by atoms with Crippen molar-refractivity contribution in [2.75, 3.05) is 0 Å². The van der Waals surface area contributed by atoms with E-state index in [1.807, 2.05) is 67.6 Å². The number of rotatable bonds is 4. The molecule has 6 aromatic rings. The fourth-order valence-corrected chi connectivity index (χ4v) is 5.04. The first-order valence-electron chi connectivity index (χ1n) is 12.4. The summed E-state index contributed by atoms with van der Waals surface area (Å²) in [7, 11) is 0. The highest BCUT2D eigenvalue weighted by atomic mass is 35.5. The molecule has 2 aromatic carbocycles. The summed E-state index contributed by atoms with van der Waals surface area (Å²) in [5, 5.41) is 0.718. The van der Waals surface area contributed by atoms with Crippen LogP contribution in [-0.4, -0.2) is 23.7 Å². The van der Waals surface area contributed by atoms with Gasteiger partial charge in [0, 0.05) is 18.7 Å². The van der Waals surface area contributed by atoms with Crippen molar-refractivity contribution in [2.45, 2.75) is 19.9 Å². The molecule has 0 saturated heterocycles. The maximum absolute atomic E-state index is 12.7. The lowest BCUT2D eigenvalue weighted by Crippen LogP contribution is -2.30. The van der Waals surface area contributed by atoms with Gasteiger partial charge in [-0.05, 0) is 67.6 Å². The van der Waals surface area contributed by atoms with E-state index in [9.17, 15) is 14.4 Å². The maximum Gasteiger partial charge on any atom is 0.339 e. The number of fused-ring (bicyclic) bond motifs is 2. The molecule has 0 aliphatic rings. The van der Waals surface area contributed by atoms with Crippen LogP contribution in [0.3, 0.4) is 0 Å². The van der Waals surface area contributed by atoms with Crippen molar-refractivity contribution in [3.8, 4) is 11.4 Å². The molecule has 4 aromatic heterocycles. The smallest absolute Gasteiger partial charge is 0.323 e. The van der Waals surface area contributed by atoms with Crippen molar-refractivity contribution in [2.24, 2.45) is 5.73 Å². The number of ketones is 1. The highest BCUT2D eigenvalue weighted by molar-refractivity contribution is 6.30. The van der Waals surface area contributed by atoms with Crippen molar-refractivity contribution in [1.29, 1.82) is 0 Å². The summed E-state index contributed by atoms with van der Waals surface area (Å²) in [6.45, 7) is 3.30. The van der Waals surface area contributed by atoms with Crippen molar-refractivity contribution < 1.29 is 4.79 Å². The van der Waals surface area contributed by atoms with E-state index in [1.54, 1.807) is 41.0 Å². The molecule has 0 fully saturated rings. The van der Waals surface area contributed by atoms with Crippen LogP contribution in [0.15, 0.2) is 107 Å². The number of carbonyl (C=O) groups excluding carboxylic acids is 1. The van der Waals surface area contributed by atoms with Crippen molar-refractivity contribution >= 4 is 40.0 Å². The standard InChI is InChI=1S/C15H14ClN3O.C15H11ClN2O2/c1-10(17)13-9-12-7-8-14(16)19(12)15(20)18(13)11-5-3-2-4-6-11;1-10(19)13-9-12-7-8-14(16)18(12)15(20)17(13)11-5-3-2-4-6-11/h2-10H,17H2,1H3;2-9H,1H3. The Hall–Kier alpha value is -4.37. The minimum absolute atomic E-state index is 0.175. The van der Waals surface area contributed by atoms with Gasteiger partial charge in [0.2, 0.25) is 0 Å². The van der Waals surface area contributed by atoms with Crippen LogP contribution in [-0.2, 0) is 0 Å². The Bertz CT molecular complexity index is 1970. The van der Waals surface area contributed by atoms with Gasteiger partial charge in [-0.3, -0.25) is 22.7 Å². The second-order valence-electron chi connectivity index (χ2n) is 9.18. The quantitative estimate of drug-likeness (QED) is 0.273. The molecule has 0 radical (unpaired) electrons. The molecule has 0 amide bonds. The largest absolute Gasteiger partial charge is 0.339 e. The van der Waals surface area contributed by atoms with Crippen LogP contribution in [0.5, 0.6) is 0 Å². The molecule has 10 heteroatoms. The molecule has 202 valence electrons. The summed E-state index contributed by atoms with van der Waals surface area (Å²) in [4.78, 5) is 37.2. The minimum Gasteiger partial charge on any atom is -0.323 e. The van der Waals surface area contributed by atoms with Gasteiger partial charge in [0.1, 0.15) is 10.3 Å². The predicted molar refractivity (Wildman–Crippen MR) is 159 cm³/mol. The molecule has 4 heterocycles. The number of benzene rings is 2. The van der Waals surface area contributed by atoms with E-state index in [4.69, 9.17) is 28.9 Å². The summed E-state index contributed by atoms with van der Waals surface area (Å²) in [6, 6.07) is 28.6. The van der Waals surface area contributed by atoms with E-state index in [2.05, 4.69) is 0 Å². The summed E-state index contributed by atoms with van der Waals surface area (Å²) >= 11 is 12.1. The van der Waals surface area contributed by atoms with Gasteiger partial charge in [-0.1, -0.05) is 59.6 Å². The highest BCUT2D eigenvalue weighted by Gasteiger charge is 2.16. The Morgan fingerprint density at radius 2 is 1.15 bits per heavy atom. The molecule has 0 aliphatic carbocycles. The lowest BCUT2D eigenvalue weighted by Gasteiger charge is -2.16. The molecule has 1 unspecified atom stereocenters. The first-order chi connectivity index (χ1) is 19.2. The molecule has 0 aliphatic heterocycles. The minimum atomic E-state index is -0.353. The van der Waals surface area contributed by atoms with Crippen LogP contribution in [0.2, 0.25) is 10.3 Å². The van der Waals surface area contributed by atoms with Gasteiger partial charge in [-0.2, -0.15) is 0 Å². The van der Waals surface area contributed by atoms with E-state index in [0.29, 0.717) is 27.2 Å². The third-order valence-electron chi connectivity index (χ3n) is 6.43. The number of aromatic nitrogens is 4. The number of Topliss-reactive ketones (excluding diaryl/α,β-unsaturated/α-hetero) is 1. The second-order valence-corrected chi connectivity index (χ2v) is 9.96. The summed E-state index contributed by atoms with van der Waals surface area (Å²) in [6.07, 6.45) is 0. The van der Waals surface area contributed by atoms with Gasteiger partial charge in [0.15, 0.2) is 5.78 Å². The number of nitrogens with zero attached hydrogens (tertiary/aromatic N) is 4. The molecular formula is C30H25Cl2N5O3. The van der Waals surface area contributed by atoms with Gasteiger partial charge in [-0.15, -0.1) is 0 Å². The number of hydrogen-bond acceptors (Lipinski definition) is 4. The summed E-state index contributed by atoms with van der Waals surface area (Å²) in [5.41, 5.74) is 9.31. The molecule has 1 atom stereocenters. The first-order valence-corrected chi connectivity index (χ1v) is 13.2. The van der Waals surface area contributed by atoms with Gasteiger partial charge in [0.25, 0.3) is 0 Å². The van der Waals surface area contributed by atoms with Crippen LogP contribution >= 0.6 is 23.2 Å². The zero-order valence-corrected chi connectivity index (χ0v) is 23.2. The molecule has 0 bridgehead atoms. The normalized spacial score (nSPS) is 11.8. The van der Waals surface area contributed by atoms with E-state index in [0.717, 1.165) is 16.9 Å². The molecule has 2 N–H and O–H groups in total. The summed E-state index contributed by atoms with van der Waals surface area (Å²) < 4.78 is 5.83. The van der Waals surface area contributed by atoms with Crippen molar-refractivity contribution in [3.05, 3.63) is 140 Å². The van der Waals surface area contributed by atoms with E-state index >= 15 is 0 Å². The van der Waals surface area contributed by atoms with Gasteiger partial charge < -0.3 is 5.73 Å². The van der Waals surface area contributed by atoms with E-state index in [-0.39, 0.29) is 23.2 Å². The third-order valence-corrected chi connectivity index (χ3v) is 7.02. The first kappa shape index (κ1) is 27.2. The Kier molecular flexibility index (Phi) is 7.49. The molecule has 6 rings (SSSR count). The van der Waals surface area contributed by atoms with Crippen LogP contribution in [0.4, 0.5) is 0 Å². The lowest BCUT2D eigenvalue weighted by atomic mass is 10.2. The van der Waals surface area contributed by atoms with Gasteiger partial charge >= 0.3 is 11.4 Å². The number of hydrogen-bond donors (Lipinski definition) is 1. The van der Waals surface area contributed by atoms with Crippen LogP contribution in [0, 0.1) is 0 Å². The zero-order chi connectivity index (χ0) is 28.6. The SMILES string of the molecule is CC(=O)c1cc2ccc(Cl)n2c(=O)n1-c1ccccc1.CC(N)c1cc2ccc(Cl)n2c(=O)n1-c1ccccc1. The topological polar surface area (TPSA) is 95.9 Å². The number of halogens is 2. The van der Waals surface area contributed by atoms with E-state index in [1.165, 1.54) is 20.3 Å². The number of nitrogens with two attached hydrogens (primary N) is 1. The molecular weight excluding hydrogens is 549 g/mol. The second kappa shape index (κ2) is 11.0. The van der Waals surface area contributed by atoms with Crippen molar-refractivity contribution in [1.82, 2.24) is 17.9 Å². The third kappa shape index (κ3) is 4.88. The number of para-hydroxylation sites is 2. The Morgan fingerprint density at radius 3 is 1.62 bits per heavy atom. The van der Waals surface area contributed by atoms with Crippen LogP contribution in [0.25, 0.3) is 22.4 Å². The Labute approximate surface area is 239 Å². The van der Waals surface area contributed by atoms with Gasteiger partial charge in [0.05, 0.1) is 28.1 Å². The average Bonchev–Trinajstić information content (AvgIpc) is 3.52. The average molecular weight is 574 g/mol. The van der Waals surface area contributed by atoms with Crippen LogP contribution < -0.4 is 17.1 Å². The fraction of sp³-hybridized carbons (Fsp3) is 0.100.